The van der Waals surface area contributed by atoms with E-state index in [2.05, 4.69) is 49.5 Å². The molecule has 0 N–H and O–H groups in total. The van der Waals surface area contributed by atoms with Gasteiger partial charge >= 0.3 is 5.97 Å². The minimum absolute atomic E-state index is 0.0851. The van der Waals surface area contributed by atoms with Gasteiger partial charge in [-0.2, -0.15) is 0 Å². The van der Waals surface area contributed by atoms with Crippen LogP contribution in [-0.4, -0.2) is 47.3 Å². The molecule has 2 heterocycles. The van der Waals surface area contributed by atoms with E-state index in [0.717, 1.165) is 40.8 Å². The molecule has 2 aliphatic rings. The number of fused-ring (bicyclic) bond motifs is 1. The van der Waals surface area contributed by atoms with Crippen LogP contribution in [0.3, 0.4) is 0 Å². The van der Waals surface area contributed by atoms with Crippen LogP contribution in [0.2, 0.25) is 0 Å². The molecule has 0 aromatic heterocycles. The third-order valence-electron chi connectivity index (χ3n) is 6.13. The Labute approximate surface area is 182 Å². The van der Waals surface area contributed by atoms with Crippen molar-refractivity contribution in [1.82, 2.24) is 4.90 Å². The van der Waals surface area contributed by atoms with Gasteiger partial charge in [0.2, 0.25) is 0 Å². The van der Waals surface area contributed by atoms with Gasteiger partial charge in [0.1, 0.15) is 6.04 Å². The Balaban J connectivity index is 2.00. The number of carbonyl (C=O) groups is 3. The summed E-state index contributed by atoms with van der Waals surface area (Å²) in [6.45, 7) is 13.4. The molecule has 1 aromatic rings. The summed E-state index contributed by atoms with van der Waals surface area (Å²) in [6, 6.07) is 3.38. The van der Waals surface area contributed by atoms with E-state index in [-0.39, 0.29) is 5.54 Å². The number of carbonyl (C=O) groups excluding carboxylic acids is 3. The van der Waals surface area contributed by atoms with Gasteiger partial charge in [-0.15, -0.1) is 0 Å². The van der Waals surface area contributed by atoms with Crippen molar-refractivity contribution in [3.63, 3.8) is 0 Å². The molecule has 2 atom stereocenters. The number of amides is 2. The predicted octanol–water partition coefficient (Wildman–Crippen LogP) is 4.70. The molecule has 162 valence electrons. The van der Waals surface area contributed by atoms with Crippen molar-refractivity contribution in [3.05, 3.63) is 33.7 Å². The monoisotopic (exact) mass is 430 g/mol. The van der Waals surface area contributed by atoms with Crippen molar-refractivity contribution in [2.24, 2.45) is 0 Å². The lowest BCUT2D eigenvalue weighted by molar-refractivity contribution is -0.148. The van der Waals surface area contributed by atoms with E-state index >= 15 is 0 Å². The average Bonchev–Trinajstić information content (AvgIpc) is 2.94. The van der Waals surface area contributed by atoms with Crippen LogP contribution in [0.5, 0.6) is 0 Å². The Hall–Kier alpha value is -2.28. The number of anilines is 1. The fourth-order valence-electron chi connectivity index (χ4n) is 4.64. The van der Waals surface area contributed by atoms with Crippen LogP contribution in [-0.2, 0) is 14.3 Å². The Bertz CT molecular complexity index is 937. The van der Waals surface area contributed by atoms with Crippen LogP contribution in [0.25, 0.3) is 6.08 Å². The number of benzene rings is 1. The van der Waals surface area contributed by atoms with Gasteiger partial charge in [0.15, 0.2) is 0 Å². The van der Waals surface area contributed by atoms with Gasteiger partial charge < -0.3 is 9.64 Å². The highest BCUT2D eigenvalue weighted by Crippen LogP contribution is 2.45. The van der Waals surface area contributed by atoms with Gasteiger partial charge in [0.25, 0.3) is 11.1 Å². The molecular weight excluding hydrogens is 400 g/mol. The number of rotatable bonds is 4. The van der Waals surface area contributed by atoms with E-state index in [1.165, 1.54) is 25.3 Å². The minimum atomic E-state index is -0.946. The third-order valence-corrected chi connectivity index (χ3v) is 7.01. The second-order valence-electron chi connectivity index (χ2n) is 8.68. The summed E-state index contributed by atoms with van der Waals surface area (Å²) in [5.74, 6) is -0.677. The van der Waals surface area contributed by atoms with Gasteiger partial charge in [-0.05, 0) is 93.6 Å². The molecule has 0 bridgehead atoms. The standard InChI is InChI=1S/C23H30N2O4S/c1-8-24-18-9-13(2)16(10-17(18)14(3)12-23(24,5)6)11-19-20(26)25(22(28)30-19)15(4)21(27)29-7/h9-11,14-15H,8,12H2,1-7H3/b19-11-. The number of aryl methyl sites for hydroxylation is 1. The van der Waals surface area contributed by atoms with Crippen LogP contribution >= 0.6 is 11.8 Å². The van der Waals surface area contributed by atoms with Crippen molar-refractivity contribution in [2.75, 3.05) is 18.6 Å². The SMILES string of the molecule is CCN1c2cc(C)c(/C=C3\SC(=O)N(C(C)C(=O)OC)C3=O)cc2C(C)CC1(C)C. The zero-order chi connectivity index (χ0) is 22.4. The third kappa shape index (κ3) is 3.75. The first kappa shape index (κ1) is 22.4. The highest BCUT2D eigenvalue weighted by molar-refractivity contribution is 8.18. The molecule has 1 fully saturated rings. The summed E-state index contributed by atoms with van der Waals surface area (Å²) in [7, 11) is 1.24. The van der Waals surface area contributed by atoms with Crippen molar-refractivity contribution >= 4 is 40.6 Å². The van der Waals surface area contributed by atoms with E-state index in [9.17, 15) is 14.4 Å². The largest absolute Gasteiger partial charge is 0.467 e. The number of nitrogens with zero attached hydrogens (tertiary/aromatic N) is 2. The molecule has 2 amide bonds. The molecule has 7 heteroatoms. The number of methoxy groups -OCH3 is 1. The highest BCUT2D eigenvalue weighted by Gasteiger charge is 2.41. The first-order valence-corrected chi connectivity index (χ1v) is 11.1. The van der Waals surface area contributed by atoms with Crippen molar-refractivity contribution in [2.45, 2.75) is 65.5 Å². The van der Waals surface area contributed by atoms with E-state index in [4.69, 9.17) is 0 Å². The van der Waals surface area contributed by atoms with Crippen molar-refractivity contribution < 1.29 is 19.1 Å². The van der Waals surface area contributed by atoms with Crippen LogP contribution in [0.15, 0.2) is 17.0 Å². The number of hydrogen-bond acceptors (Lipinski definition) is 6. The van der Waals surface area contributed by atoms with E-state index < -0.39 is 23.2 Å². The quantitative estimate of drug-likeness (QED) is 0.509. The van der Waals surface area contributed by atoms with Gasteiger partial charge in [-0.25, -0.2) is 4.79 Å². The molecule has 0 radical (unpaired) electrons. The molecular formula is C23H30N2O4S. The molecule has 3 rings (SSSR count). The first-order chi connectivity index (χ1) is 14.0. The maximum atomic E-state index is 12.8. The number of ether oxygens (including phenoxy) is 1. The highest BCUT2D eigenvalue weighted by atomic mass is 32.2. The number of thioether (sulfide) groups is 1. The van der Waals surface area contributed by atoms with Crippen LogP contribution < -0.4 is 4.90 Å². The smallest absolute Gasteiger partial charge is 0.328 e. The topological polar surface area (TPSA) is 66.9 Å². The van der Waals surface area contributed by atoms with Crippen molar-refractivity contribution in [1.29, 1.82) is 0 Å². The predicted molar refractivity (Wildman–Crippen MR) is 121 cm³/mol. The van der Waals surface area contributed by atoms with Crippen LogP contribution in [0, 0.1) is 6.92 Å². The van der Waals surface area contributed by atoms with E-state index in [1.54, 1.807) is 6.08 Å². The van der Waals surface area contributed by atoms with Crippen molar-refractivity contribution in [3.8, 4) is 0 Å². The maximum absolute atomic E-state index is 12.8. The lowest BCUT2D eigenvalue weighted by Gasteiger charge is -2.47. The second-order valence-corrected chi connectivity index (χ2v) is 9.67. The van der Waals surface area contributed by atoms with Gasteiger partial charge in [-0.1, -0.05) is 6.92 Å². The first-order valence-electron chi connectivity index (χ1n) is 10.3. The fraction of sp³-hybridized carbons (Fsp3) is 0.522. The van der Waals surface area contributed by atoms with E-state index in [0.29, 0.717) is 10.8 Å². The summed E-state index contributed by atoms with van der Waals surface area (Å²) in [4.78, 5) is 40.8. The molecule has 0 aliphatic carbocycles. The summed E-state index contributed by atoms with van der Waals surface area (Å²) in [5, 5.41) is -0.452. The lowest BCUT2D eigenvalue weighted by Crippen LogP contribution is -2.48. The fourth-order valence-corrected chi connectivity index (χ4v) is 5.53. The molecule has 1 saturated heterocycles. The lowest BCUT2D eigenvalue weighted by atomic mass is 9.79. The summed E-state index contributed by atoms with van der Waals surface area (Å²) < 4.78 is 4.69. The molecule has 0 saturated carbocycles. The minimum Gasteiger partial charge on any atom is -0.467 e. The molecule has 30 heavy (non-hydrogen) atoms. The molecule has 1 aromatic carbocycles. The molecule has 6 nitrogen and oxygen atoms in total. The maximum Gasteiger partial charge on any atom is 0.328 e. The van der Waals surface area contributed by atoms with Gasteiger partial charge in [-0.3, -0.25) is 14.5 Å². The Kier molecular flexibility index (Phi) is 6.05. The Morgan fingerprint density at radius 2 is 2.03 bits per heavy atom. The summed E-state index contributed by atoms with van der Waals surface area (Å²) >= 11 is 0.865. The zero-order valence-electron chi connectivity index (χ0n) is 18.7. The van der Waals surface area contributed by atoms with E-state index in [1.807, 2.05) is 6.92 Å². The van der Waals surface area contributed by atoms with Crippen LogP contribution in [0.4, 0.5) is 10.5 Å². The Morgan fingerprint density at radius 1 is 1.37 bits per heavy atom. The number of hydrogen-bond donors (Lipinski definition) is 0. The second kappa shape index (κ2) is 8.10. The Morgan fingerprint density at radius 3 is 2.63 bits per heavy atom. The zero-order valence-corrected chi connectivity index (χ0v) is 19.6. The van der Waals surface area contributed by atoms with Crippen LogP contribution in [0.1, 0.15) is 63.6 Å². The number of esters is 1. The van der Waals surface area contributed by atoms with Gasteiger partial charge in [0.05, 0.1) is 12.0 Å². The average molecular weight is 431 g/mol. The summed E-state index contributed by atoms with van der Waals surface area (Å²) in [6.07, 6.45) is 2.82. The molecule has 0 spiro atoms. The van der Waals surface area contributed by atoms with Gasteiger partial charge in [0, 0.05) is 17.8 Å². The summed E-state index contributed by atoms with van der Waals surface area (Å²) in [5.41, 5.74) is 4.55. The normalized spacial score (nSPS) is 23.0. The number of imide groups is 1. The molecule has 2 aliphatic heterocycles. The molecule has 2 unspecified atom stereocenters.